The highest BCUT2D eigenvalue weighted by atomic mass is 16.7. The molecule has 2 aromatic carbocycles. The number of aliphatic hydroxyl groups is 1. The average Bonchev–Trinajstić information content (AvgIpc) is 3.73. The monoisotopic (exact) mass is 840 g/mol. The van der Waals surface area contributed by atoms with Crippen LogP contribution in [-0.4, -0.2) is 114 Å². The first-order valence-electron chi connectivity index (χ1n) is 19.4. The topological polar surface area (TPSA) is 270 Å². The average molecular weight is 841 g/mol. The van der Waals surface area contributed by atoms with Crippen LogP contribution < -0.4 is 25.4 Å². The molecule has 4 amide bonds. The van der Waals surface area contributed by atoms with Crippen molar-refractivity contribution in [1.29, 1.82) is 0 Å². The predicted octanol–water partition coefficient (Wildman–Crippen LogP) is 3.40. The molecule has 0 unspecified atom stereocenters. The second-order valence-corrected chi connectivity index (χ2v) is 13.1. The van der Waals surface area contributed by atoms with Crippen molar-refractivity contribution in [1.82, 2.24) is 21.0 Å². The van der Waals surface area contributed by atoms with Crippen LogP contribution in [-0.2, 0) is 28.8 Å². The van der Waals surface area contributed by atoms with E-state index < -0.39 is 60.1 Å². The van der Waals surface area contributed by atoms with E-state index in [0.717, 1.165) is 17.9 Å². The highest BCUT2D eigenvalue weighted by Crippen LogP contribution is 2.29. The highest BCUT2D eigenvalue weighted by Gasteiger charge is 2.34. The molecule has 3 aromatic rings. The molecule has 1 heterocycles. The third-order valence-electron chi connectivity index (χ3n) is 8.91. The van der Waals surface area contributed by atoms with Gasteiger partial charge in [0.2, 0.25) is 12.3 Å². The Morgan fingerprint density at radius 3 is 2.25 bits per heavy atom. The minimum Gasteiger partial charge on any atom is -0.493 e. The quantitative estimate of drug-likeness (QED) is 0.0265. The zero-order chi connectivity index (χ0) is 44.0. The van der Waals surface area contributed by atoms with Gasteiger partial charge in [-0.05, 0) is 68.3 Å². The third-order valence-corrected chi connectivity index (χ3v) is 8.91. The number of ether oxygens (including phenoxy) is 3. The first-order chi connectivity index (χ1) is 28.9. The van der Waals surface area contributed by atoms with E-state index in [1.165, 1.54) is 42.5 Å². The maximum Gasteiger partial charge on any atom is 0.363 e. The van der Waals surface area contributed by atoms with Crippen LogP contribution in [0.4, 0.5) is 0 Å². The van der Waals surface area contributed by atoms with Crippen LogP contribution in [0.25, 0.3) is 11.3 Å². The van der Waals surface area contributed by atoms with Crippen LogP contribution in [0.3, 0.4) is 0 Å². The largest absolute Gasteiger partial charge is 0.493 e. The van der Waals surface area contributed by atoms with E-state index in [9.17, 15) is 38.7 Å². The molecule has 0 aliphatic carbocycles. The van der Waals surface area contributed by atoms with Crippen molar-refractivity contribution in [2.75, 3.05) is 39.7 Å². The van der Waals surface area contributed by atoms with Gasteiger partial charge in [0.15, 0.2) is 5.76 Å². The Morgan fingerprint density at radius 2 is 1.62 bits per heavy atom. The zero-order valence-corrected chi connectivity index (χ0v) is 33.7. The Morgan fingerprint density at radius 1 is 0.867 bits per heavy atom. The van der Waals surface area contributed by atoms with E-state index in [-0.39, 0.29) is 74.5 Å². The summed E-state index contributed by atoms with van der Waals surface area (Å²) >= 11 is 0. The molecule has 0 bridgehead atoms. The standard InChI is InChI=1S/C41H52N4O15/c1-4-7-8-9-29(32(5-2)45(25-47)60-41(55)26-10-13-28(14-11-26)58-21-20-56-19-18-46)37(50)42-24-43-39(52)34-17-16-33(59-34)27-12-15-30(35(22-27)57-6-3)38(51)44-31(40(53)54)23-36(48)49/h10-17,22,25,29,31-32,46H,4-9,18-21,23-24H2,1-3H3,(H,42,50)(H,43,52)(H,44,51)(H,48,49)(H,53,54)/t29-,31+,32-/m1/s1. The molecule has 326 valence electrons. The summed E-state index contributed by atoms with van der Waals surface area (Å²) in [5.74, 6) is -6.00. The zero-order valence-electron chi connectivity index (χ0n) is 33.7. The molecule has 0 aliphatic rings. The summed E-state index contributed by atoms with van der Waals surface area (Å²) in [6, 6.07) is 10.7. The van der Waals surface area contributed by atoms with Crippen molar-refractivity contribution in [3.05, 3.63) is 71.5 Å². The van der Waals surface area contributed by atoms with Crippen molar-refractivity contribution in [2.24, 2.45) is 5.92 Å². The lowest BCUT2D eigenvalue weighted by Gasteiger charge is -2.31. The van der Waals surface area contributed by atoms with Crippen molar-refractivity contribution in [3.8, 4) is 22.8 Å². The molecule has 60 heavy (non-hydrogen) atoms. The molecule has 19 nitrogen and oxygen atoms in total. The Balaban J connectivity index is 1.65. The van der Waals surface area contributed by atoms with E-state index >= 15 is 0 Å². The lowest BCUT2D eigenvalue weighted by atomic mass is 9.90. The molecule has 0 fully saturated rings. The van der Waals surface area contributed by atoms with Gasteiger partial charge in [0.25, 0.3) is 11.8 Å². The van der Waals surface area contributed by atoms with E-state index in [1.807, 2.05) is 6.92 Å². The van der Waals surface area contributed by atoms with Gasteiger partial charge in [-0.25, -0.2) is 9.59 Å². The van der Waals surface area contributed by atoms with Gasteiger partial charge < -0.3 is 54.7 Å². The summed E-state index contributed by atoms with van der Waals surface area (Å²) in [6.45, 7) is 5.82. The molecule has 1 aromatic heterocycles. The van der Waals surface area contributed by atoms with E-state index in [2.05, 4.69) is 16.0 Å². The minimum atomic E-state index is -1.68. The van der Waals surface area contributed by atoms with Gasteiger partial charge >= 0.3 is 17.9 Å². The summed E-state index contributed by atoms with van der Waals surface area (Å²) in [5.41, 5.74) is 0.475. The molecule has 0 radical (unpaired) electrons. The Labute approximate surface area is 346 Å². The van der Waals surface area contributed by atoms with Crippen LogP contribution in [0, 0.1) is 5.92 Å². The van der Waals surface area contributed by atoms with Gasteiger partial charge in [0, 0.05) is 5.56 Å². The Hall–Kier alpha value is -6.47. The van der Waals surface area contributed by atoms with Crippen LogP contribution in [0.1, 0.15) is 90.6 Å². The van der Waals surface area contributed by atoms with Crippen molar-refractivity contribution in [2.45, 2.75) is 71.4 Å². The molecule has 3 atom stereocenters. The normalized spacial score (nSPS) is 12.3. The van der Waals surface area contributed by atoms with Crippen molar-refractivity contribution >= 4 is 42.0 Å². The van der Waals surface area contributed by atoms with E-state index in [0.29, 0.717) is 30.6 Å². The number of hydrogen-bond donors (Lipinski definition) is 6. The van der Waals surface area contributed by atoms with Gasteiger partial charge in [-0.15, -0.1) is 0 Å². The number of benzene rings is 2. The van der Waals surface area contributed by atoms with Crippen LogP contribution in [0.2, 0.25) is 0 Å². The van der Waals surface area contributed by atoms with Gasteiger partial charge in [-0.3, -0.25) is 24.0 Å². The van der Waals surface area contributed by atoms with Crippen molar-refractivity contribution in [3.63, 3.8) is 0 Å². The summed E-state index contributed by atoms with van der Waals surface area (Å²) in [7, 11) is 0. The number of aliphatic hydroxyl groups excluding tert-OH is 1. The lowest BCUT2D eigenvalue weighted by molar-refractivity contribution is -0.171. The molecule has 3 rings (SSSR count). The molecule has 6 N–H and O–H groups in total. The summed E-state index contributed by atoms with van der Waals surface area (Å²) in [5, 5.41) is 35.4. The first-order valence-corrected chi connectivity index (χ1v) is 19.4. The minimum absolute atomic E-state index is 0.0525. The predicted molar refractivity (Wildman–Crippen MR) is 212 cm³/mol. The van der Waals surface area contributed by atoms with Gasteiger partial charge in [0.05, 0.1) is 62.6 Å². The van der Waals surface area contributed by atoms with Gasteiger partial charge in [-0.2, -0.15) is 5.06 Å². The number of carboxylic acids is 2. The number of carbonyl (C=O) groups is 7. The number of aliphatic carboxylic acids is 2. The van der Waals surface area contributed by atoms with Gasteiger partial charge in [0.1, 0.15) is 29.9 Å². The molecule has 0 saturated heterocycles. The van der Waals surface area contributed by atoms with Crippen molar-refractivity contribution < 1.29 is 72.3 Å². The fraction of sp³-hybridized carbons (Fsp3) is 0.439. The van der Waals surface area contributed by atoms with Gasteiger partial charge in [-0.1, -0.05) is 39.2 Å². The maximum absolute atomic E-state index is 13.6. The summed E-state index contributed by atoms with van der Waals surface area (Å²) in [4.78, 5) is 92.9. The number of carboxylic acid groups (broad SMARTS) is 2. The van der Waals surface area contributed by atoms with Crippen LogP contribution in [0.15, 0.2) is 59.0 Å². The van der Waals surface area contributed by atoms with E-state index in [1.54, 1.807) is 26.0 Å². The Bertz CT molecular complexity index is 1900. The number of amides is 4. The maximum atomic E-state index is 13.6. The summed E-state index contributed by atoms with van der Waals surface area (Å²) < 4.78 is 22.0. The number of furan rings is 1. The fourth-order valence-electron chi connectivity index (χ4n) is 5.94. The SMILES string of the molecule is CCCCC[C@@H](C(=O)NCNC(=O)c1ccc(-c2ccc(C(=O)N[C@@H](CC(=O)O)C(=O)O)c(OCC)c2)o1)[C@@H](CC)N(C=O)OC(=O)c1ccc(OCCOCCO)cc1. The van der Waals surface area contributed by atoms with Crippen LogP contribution in [0.5, 0.6) is 11.5 Å². The molecule has 0 aliphatic heterocycles. The Kier molecular flexibility index (Phi) is 20.0. The molecule has 0 saturated carbocycles. The number of rotatable bonds is 28. The number of nitrogens with zero attached hydrogens (tertiary/aromatic N) is 1. The second kappa shape index (κ2) is 25.1. The second-order valence-electron chi connectivity index (χ2n) is 13.1. The molecule has 0 spiro atoms. The smallest absolute Gasteiger partial charge is 0.363 e. The third kappa shape index (κ3) is 14.7. The lowest BCUT2D eigenvalue weighted by Crippen LogP contribution is -2.49. The van der Waals surface area contributed by atoms with Crippen LogP contribution >= 0.6 is 0 Å². The number of hydrogen-bond acceptors (Lipinski definition) is 13. The number of hydroxylamine groups is 2. The molecule has 19 heteroatoms. The number of unbranched alkanes of at least 4 members (excludes halogenated alkanes) is 2. The molecular formula is C41H52N4O15. The summed E-state index contributed by atoms with van der Waals surface area (Å²) in [6.07, 6.45) is 2.44. The highest BCUT2D eigenvalue weighted by molar-refractivity contribution is 6.00. The number of nitrogens with one attached hydrogen (secondary N) is 3. The fourth-order valence-corrected chi connectivity index (χ4v) is 5.94. The van der Waals surface area contributed by atoms with E-state index in [4.69, 9.17) is 33.7 Å². The number of carbonyl (C=O) groups excluding carboxylic acids is 5. The first kappa shape index (κ1) is 47.9. The molecular weight excluding hydrogens is 788 g/mol.